The summed E-state index contributed by atoms with van der Waals surface area (Å²) in [7, 11) is 0. The Kier molecular flexibility index (Phi) is 3.25. The number of benzene rings is 2. The zero-order valence-electron chi connectivity index (χ0n) is 11.8. The molecular formula is C16H16FN3O. The number of imidazole rings is 1. The molecule has 1 heterocycles. The highest BCUT2D eigenvalue weighted by molar-refractivity contribution is 5.75. The molecule has 0 spiro atoms. The van der Waals surface area contributed by atoms with Gasteiger partial charge in [-0.2, -0.15) is 0 Å². The van der Waals surface area contributed by atoms with E-state index in [9.17, 15) is 9.18 Å². The van der Waals surface area contributed by atoms with Gasteiger partial charge < -0.3 is 15.3 Å². The van der Waals surface area contributed by atoms with Crippen LogP contribution in [0.2, 0.25) is 0 Å². The lowest BCUT2D eigenvalue weighted by atomic mass is 10.1. The number of fused-ring (bicyclic) bond motifs is 1. The van der Waals surface area contributed by atoms with Gasteiger partial charge in [0.1, 0.15) is 5.82 Å². The number of hydrogen-bond donors (Lipinski definition) is 3. The normalized spacial score (nSPS) is 12.5. The van der Waals surface area contributed by atoms with Crippen molar-refractivity contribution < 1.29 is 4.39 Å². The summed E-state index contributed by atoms with van der Waals surface area (Å²) in [4.78, 5) is 16.7. The lowest BCUT2D eigenvalue weighted by Crippen LogP contribution is -2.08. The number of aromatic amines is 2. The van der Waals surface area contributed by atoms with Crippen LogP contribution >= 0.6 is 0 Å². The first-order chi connectivity index (χ1) is 10.0. The zero-order valence-corrected chi connectivity index (χ0v) is 11.8. The Bertz CT molecular complexity index is 850. The van der Waals surface area contributed by atoms with Crippen molar-refractivity contribution >= 4 is 16.7 Å². The smallest absolute Gasteiger partial charge is 0.323 e. The molecule has 3 aromatic rings. The summed E-state index contributed by atoms with van der Waals surface area (Å²) in [5.74, 6) is -0.266. The fourth-order valence-electron chi connectivity index (χ4n) is 2.37. The average Bonchev–Trinajstić information content (AvgIpc) is 2.80. The van der Waals surface area contributed by atoms with Crippen molar-refractivity contribution in [2.24, 2.45) is 0 Å². The second-order valence-electron chi connectivity index (χ2n) is 5.23. The SMILES string of the molecule is Cc1ccc(NC(C)c2ccc3[nH]c(=O)[nH]c3c2)c(F)c1. The van der Waals surface area contributed by atoms with E-state index in [0.29, 0.717) is 5.69 Å². The maximum Gasteiger partial charge on any atom is 0.323 e. The summed E-state index contributed by atoms with van der Waals surface area (Å²) in [6.07, 6.45) is 0. The first-order valence-corrected chi connectivity index (χ1v) is 6.77. The van der Waals surface area contributed by atoms with Gasteiger partial charge in [-0.1, -0.05) is 12.1 Å². The van der Waals surface area contributed by atoms with Crippen molar-refractivity contribution in [3.63, 3.8) is 0 Å². The summed E-state index contributed by atoms with van der Waals surface area (Å²) >= 11 is 0. The number of anilines is 1. The summed E-state index contributed by atoms with van der Waals surface area (Å²) < 4.78 is 13.9. The van der Waals surface area contributed by atoms with E-state index in [4.69, 9.17) is 0 Å². The first-order valence-electron chi connectivity index (χ1n) is 6.77. The molecule has 0 aliphatic carbocycles. The topological polar surface area (TPSA) is 60.7 Å². The third-order valence-corrected chi connectivity index (χ3v) is 3.54. The molecule has 3 N–H and O–H groups in total. The zero-order chi connectivity index (χ0) is 15.0. The molecule has 0 bridgehead atoms. The minimum Gasteiger partial charge on any atom is -0.376 e. The van der Waals surface area contributed by atoms with Crippen LogP contribution < -0.4 is 11.0 Å². The van der Waals surface area contributed by atoms with E-state index in [1.165, 1.54) is 6.07 Å². The van der Waals surface area contributed by atoms with Crippen molar-refractivity contribution in [3.05, 3.63) is 63.8 Å². The second kappa shape index (κ2) is 5.09. The number of halogens is 1. The predicted octanol–water partition coefficient (Wildman–Crippen LogP) is 3.48. The highest BCUT2D eigenvalue weighted by Gasteiger charge is 2.10. The van der Waals surface area contributed by atoms with Crippen molar-refractivity contribution in [2.45, 2.75) is 19.9 Å². The van der Waals surface area contributed by atoms with E-state index in [-0.39, 0.29) is 17.5 Å². The molecule has 108 valence electrons. The van der Waals surface area contributed by atoms with Gasteiger partial charge in [0, 0.05) is 6.04 Å². The van der Waals surface area contributed by atoms with Crippen LogP contribution in [0.25, 0.3) is 11.0 Å². The Morgan fingerprint density at radius 3 is 2.62 bits per heavy atom. The summed E-state index contributed by atoms with van der Waals surface area (Å²) in [5, 5.41) is 3.15. The minimum absolute atomic E-state index is 0.0787. The van der Waals surface area contributed by atoms with Crippen LogP contribution in [0.3, 0.4) is 0 Å². The van der Waals surface area contributed by atoms with Gasteiger partial charge in [0.25, 0.3) is 0 Å². The molecular weight excluding hydrogens is 269 g/mol. The van der Waals surface area contributed by atoms with Crippen LogP contribution in [0.5, 0.6) is 0 Å². The Morgan fingerprint density at radius 2 is 1.86 bits per heavy atom. The second-order valence-corrected chi connectivity index (χ2v) is 5.23. The molecule has 0 saturated carbocycles. The third-order valence-electron chi connectivity index (χ3n) is 3.54. The lowest BCUT2D eigenvalue weighted by Gasteiger charge is -2.16. The van der Waals surface area contributed by atoms with Crippen LogP contribution in [0.4, 0.5) is 10.1 Å². The summed E-state index contributed by atoms with van der Waals surface area (Å²) in [6.45, 7) is 3.80. The summed E-state index contributed by atoms with van der Waals surface area (Å²) in [6, 6.07) is 10.7. The maximum atomic E-state index is 13.9. The fourth-order valence-corrected chi connectivity index (χ4v) is 2.37. The van der Waals surface area contributed by atoms with Gasteiger partial charge in [0.2, 0.25) is 0 Å². The highest BCUT2D eigenvalue weighted by atomic mass is 19.1. The van der Waals surface area contributed by atoms with E-state index >= 15 is 0 Å². The third kappa shape index (κ3) is 2.67. The van der Waals surface area contributed by atoms with E-state index in [1.54, 1.807) is 6.07 Å². The van der Waals surface area contributed by atoms with Gasteiger partial charge in [0.05, 0.1) is 16.7 Å². The Balaban J connectivity index is 1.89. The fraction of sp³-hybridized carbons (Fsp3) is 0.188. The molecule has 3 rings (SSSR count). The van der Waals surface area contributed by atoms with Crippen molar-refractivity contribution in [1.29, 1.82) is 0 Å². The summed E-state index contributed by atoms with van der Waals surface area (Å²) in [5.41, 5.74) is 3.60. The van der Waals surface area contributed by atoms with E-state index in [0.717, 1.165) is 22.2 Å². The van der Waals surface area contributed by atoms with Crippen molar-refractivity contribution in [3.8, 4) is 0 Å². The molecule has 4 nitrogen and oxygen atoms in total. The highest BCUT2D eigenvalue weighted by Crippen LogP contribution is 2.23. The van der Waals surface area contributed by atoms with Crippen LogP contribution in [0.15, 0.2) is 41.2 Å². The first kappa shape index (κ1) is 13.4. The Hall–Kier alpha value is -2.56. The van der Waals surface area contributed by atoms with Gasteiger partial charge in [-0.25, -0.2) is 9.18 Å². The van der Waals surface area contributed by atoms with Gasteiger partial charge in [0.15, 0.2) is 0 Å². The molecule has 5 heteroatoms. The minimum atomic E-state index is -0.266. The molecule has 0 fully saturated rings. The molecule has 2 aromatic carbocycles. The molecule has 1 unspecified atom stereocenters. The van der Waals surface area contributed by atoms with Crippen LogP contribution in [0.1, 0.15) is 24.1 Å². The average molecular weight is 285 g/mol. The number of hydrogen-bond acceptors (Lipinski definition) is 2. The molecule has 1 atom stereocenters. The van der Waals surface area contributed by atoms with E-state index < -0.39 is 0 Å². The van der Waals surface area contributed by atoms with Gasteiger partial charge in [-0.15, -0.1) is 0 Å². The maximum absolute atomic E-state index is 13.9. The molecule has 21 heavy (non-hydrogen) atoms. The van der Waals surface area contributed by atoms with Crippen LogP contribution in [0, 0.1) is 12.7 Å². The predicted molar refractivity (Wildman–Crippen MR) is 82.1 cm³/mol. The Labute approximate surface area is 121 Å². The van der Waals surface area contributed by atoms with Crippen LogP contribution in [-0.4, -0.2) is 9.97 Å². The molecule has 0 aliphatic heterocycles. The molecule has 0 aliphatic rings. The van der Waals surface area contributed by atoms with Crippen LogP contribution in [-0.2, 0) is 0 Å². The molecule has 0 amide bonds. The van der Waals surface area contributed by atoms with Gasteiger partial charge in [-0.05, 0) is 49.2 Å². The lowest BCUT2D eigenvalue weighted by molar-refractivity contribution is 0.626. The number of nitrogens with one attached hydrogen (secondary N) is 3. The van der Waals surface area contributed by atoms with E-state index in [2.05, 4.69) is 15.3 Å². The monoisotopic (exact) mass is 285 g/mol. The van der Waals surface area contributed by atoms with Crippen molar-refractivity contribution in [2.75, 3.05) is 5.32 Å². The quantitative estimate of drug-likeness (QED) is 0.690. The number of aromatic nitrogens is 2. The largest absolute Gasteiger partial charge is 0.376 e. The van der Waals surface area contributed by atoms with Gasteiger partial charge in [-0.3, -0.25) is 0 Å². The van der Waals surface area contributed by atoms with Crippen molar-refractivity contribution in [1.82, 2.24) is 9.97 Å². The number of rotatable bonds is 3. The molecule has 0 saturated heterocycles. The number of aryl methyl sites for hydroxylation is 1. The molecule has 1 aromatic heterocycles. The number of H-pyrrole nitrogens is 2. The molecule has 0 radical (unpaired) electrons. The van der Waals surface area contributed by atoms with E-state index in [1.807, 2.05) is 38.1 Å². The van der Waals surface area contributed by atoms with Gasteiger partial charge >= 0.3 is 5.69 Å². The standard InChI is InChI=1S/C16H16FN3O/c1-9-3-5-13(12(17)7-9)18-10(2)11-4-6-14-15(8-11)20-16(21)19-14/h3-8,10,18H,1-2H3,(H2,19,20,21). The Morgan fingerprint density at radius 1 is 1.10 bits per heavy atom.